The lowest BCUT2D eigenvalue weighted by Gasteiger charge is -2.39. The lowest BCUT2D eigenvalue weighted by atomic mass is 9.71. The zero-order valence-electron chi connectivity index (χ0n) is 15.6. The molecule has 1 unspecified atom stereocenters. The summed E-state index contributed by atoms with van der Waals surface area (Å²) in [4.78, 5) is 3.68. The molecule has 2 heterocycles. The average Bonchev–Trinajstić information content (AvgIpc) is 3.15. The Morgan fingerprint density at radius 1 is 0.774 bits per heavy atom. The number of ether oxygens (including phenoxy) is 2. The summed E-state index contributed by atoms with van der Waals surface area (Å²) in [5.41, 5.74) is -2.28. The van der Waals surface area contributed by atoms with Gasteiger partial charge in [-0.05, 0) is 35.4 Å². The highest BCUT2D eigenvalue weighted by Gasteiger charge is 2.81. The number of benzene rings is 1. The zero-order chi connectivity index (χ0) is 23.3. The van der Waals surface area contributed by atoms with Crippen molar-refractivity contribution in [3.05, 3.63) is 53.9 Å². The predicted octanol–water partition coefficient (Wildman–Crippen LogP) is 5.97. The van der Waals surface area contributed by atoms with Gasteiger partial charge < -0.3 is 9.47 Å². The molecule has 170 valence electrons. The molecule has 0 saturated carbocycles. The van der Waals surface area contributed by atoms with Crippen LogP contribution in [0.5, 0.6) is 11.5 Å². The lowest BCUT2D eigenvalue weighted by Crippen LogP contribution is -2.62. The molecule has 0 radical (unpaired) electrons. The summed E-state index contributed by atoms with van der Waals surface area (Å²) >= 11 is 0. The normalized spacial score (nSPS) is 16.8. The lowest BCUT2D eigenvalue weighted by molar-refractivity contribution is -0.397. The highest BCUT2D eigenvalue weighted by Crippen LogP contribution is 2.57. The van der Waals surface area contributed by atoms with E-state index in [9.17, 15) is 39.5 Å². The van der Waals surface area contributed by atoms with Crippen molar-refractivity contribution in [2.75, 3.05) is 6.79 Å². The summed E-state index contributed by atoms with van der Waals surface area (Å²) in [6.07, 6.45) is -6.67. The smallest absolute Gasteiger partial charge is 0.454 e. The van der Waals surface area contributed by atoms with Crippen molar-refractivity contribution in [2.24, 2.45) is 0 Å². The van der Waals surface area contributed by atoms with Gasteiger partial charge in [-0.25, -0.2) is 0 Å². The Kier molecular flexibility index (Phi) is 5.34. The van der Waals surface area contributed by atoms with E-state index in [-0.39, 0.29) is 29.4 Å². The molecule has 12 heteroatoms. The third kappa shape index (κ3) is 3.65. The first-order chi connectivity index (χ1) is 14.1. The van der Waals surface area contributed by atoms with Crippen LogP contribution in [0.2, 0.25) is 0 Å². The summed E-state index contributed by atoms with van der Waals surface area (Å²) in [7, 11) is 0. The Labute approximate surface area is 169 Å². The summed E-state index contributed by atoms with van der Waals surface area (Å²) < 4.78 is 131. The van der Waals surface area contributed by atoms with Crippen LogP contribution in [0, 0.1) is 0 Å². The van der Waals surface area contributed by atoms with Crippen molar-refractivity contribution in [2.45, 2.75) is 42.7 Å². The Hall–Kier alpha value is -2.66. The maximum Gasteiger partial charge on any atom is 0.460 e. The highest BCUT2D eigenvalue weighted by atomic mass is 19.4. The van der Waals surface area contributed by atoms with Crippen molar-refractivity contribution >= 4 is 0 Å². The van der Waals surface area contributed by atoms with Gasteiger partial charge >= 0.3 is 23.9 Å². The molecule has 1 aliphatic rings. The monoisotopic (exact) mass is 459 g/mol. The van der Waals surface area contributed by atoms with Gasteiger partial charge in [-0.2, -0.15) is 39.5 Å². The van der Waals surface area contributed by atoms with Gasteiger partial charge in [0, 0.05) is 24.2 Å². The topological polar surface area (TPSA) is 31.4 Å². The second-order valence-electron chi connectivity index (χ2n) is 7.16. The summed E-state index contributed by atoms with van der Waals surface area (Å²) in [6, 6.07) is 6.02. The van der Waals surface area contributed by atoms with Crippen LogP contribution in [0.1, 0.15) is 24.5 Å². The standard InChI is InChI=1S/C19H14F9NO2/c1-15(11-4-6-29-7-5-11,12-2-3-13-14(8-12)31-10-30-13)9-16(20,21)17(22,23)18(24,25)19(26,27)28/h2-8H,9-10H2,1H3. The van der Waals surface area contributed by atoms with Gasteiger partial charge in [-0.15, -0.1) is 0 Å². The molecule has 1 aromatic heterocycles. The minimum absolute atomic E-state index is 0.0628. The summed E-state index contributed by atoms with van der Waals surface area (Å²) in [5, 5.41) is 0. The van der Waals surface area contributed by atoms with Crippen molar-refractivity contribution < 1.29 is 49.0 Å². The fourth-order valence-electron chi connectivity index (χ4n) is 3.29. The molecule has 1 atom stereocenters. The molecule has 0 N–H and O–H groups in total. The number of pyridine rings is 1. The first-order valence-corrected chi connectivity index (χ1v) is 8.64. The van der Waals surface area contributed by atoms with Crippen LogP contribution >= 0.6 is 0 Å². The quantitative estimate of drug-likeness (QED) is 0.499. The first-order valence-electron chi connectivity index (χ1n) is 8.64. The maximum absolute atomic E-state index is 14.6. The number of nitrogens with zero attached hydrogens (tertiary/aromatic N) is 1. The number of rotatable bonds is 6. The fraction of sp³-hybridized carbons (Fsp3) is 0.421. The first kappa shape index (κ1) is 23.0. The molecule has 1 aromatic carbocycles. The minimum atomic E-state index is -6.96. The van der Waals surface area contributed by atoms with Gasteiger partial charge in [0.05, 0.1) is 0 Å². The fourth-order valence-corrected chi connectivity index (χ4v) is 3.29. The van der Waals surface area contributed by atoms with Gasteiger partial charge in [0.1, 0.15) is 0 Å². The van der Waals surface area contributed by atoms with E-state index in [0.717, 1.165) is 19.3 Å². The van der Waals surface area contributed by atoms with Crippen molar-refractivity contribution in [1.82, 2.24) is 4.98 Å². The molecule has 0 amide bonds. The van der Waals surface area contributed by atoms with Crippen LogP contribution < -0.4 is 9.47 Å². The van der Waals surface area contributed by atoms with Crippen LogP contribution in [0.3, 0.4) is 0 Å². The number of hydrogen-bond acceptors (Lipinski definition) is 3. The third-order valence-electron chi connectivity index (χ3n) is 5.11. The van der Waals surface area contributed by atoms with Gasteiger partial charge in [-0.1, -0.05) is 13.0 Å². The van der Waals surface area contributed by atoms with E-state index >= 15 is 0 Å². The van der Waals surface area contributed by atoms with Crippen LogP contribution in [-0.4, -0.2) is 35.7 Å². The minimum Gasteiger partial charge on any atom is -0.454 e. The van der Waals surface area contributed by atoms with E-state index in [2.05, 4.69) is 4.98 Å². The van der Waals surface area contributed by atoms with E-state index in [1.807, 2.05) is 0 Å². The molecule has 3 nitrogen and oxygen atoms in total. The zero-order valence-corrected chi connectivity index (χ0v) is 15.6. The van der Waals surface area contributed by atoms with Crippen molar-refractivity contribution in [1.29, 1.82) is 0 Å². The molecule has 2 aromatic rings. The van der Waals surface area contributed by atoms with Crippen LogP contribution in [0.25, 0.3) is 0 Å². The van der Waals surface area contributed by atoms with Gasteiger partial charge in [-0.3, -0.25) is 4.98 Å². The third-order valence-corrected chi connectivity index (χ3v) is 5.11. The molecule has 31 heavy (non-hydrogen) atoms. The molecule has 0 saturated heterocycles. The number of hydrogen-bond donors (Lipinski definition) is 0. The molecular formula is C19H14F9NO2. The highest BCUT2D eigenvalue weighted by molar-refractivity contribution is 5.49. The molecule has 0 bridgehead atoms. The Morgan fingerprint density at radius 2 is 1.35 bits per heavy atom. The predicted molar refractivity (Wildman–Crippen MR) is 88.8 cm³/mol. The van der Waals surface area contributed by atoms with Crippen LogP contribution in [0.15, 0.2) is 42.7 Å². The van der Waals surface area contributed by atoms with E-state index in [1.54, 1.807) is 0 Å². The molecular weight excluding hydrogens is 445 g/mol. The number of fused-ring (bicyclic) bond motifs is 1. The Bertz CT molecular complexity index is 947. The Morgan fingerprint density at radius 3 is 1.94 bits per heavy atom. The largest absolute Gasteiger partial charge is 0.460 e. The molecule has 0 aliphatic carbocycles. The van der Waals surface area contributed by atoms with Gasteiger partial charge in [0.15, 0.2) is 11.5 Å². The number of alkyl halides is 9. The summed E-state index contributed by atoms with van der Waals surface area (Å²) in [6.45, 7) is 0.826. The summed E-state index contributed by atoms with van der Waals surface area (Å²) in [5.74, 6) is -19.1. The van der Waals surface area contributed by atoms with E-state index in [0.29, 0.717) is 0 Å². The average molecular weight is 459 g/mol. The molecule has 0 fully saturated rings. The van der Waals surface area contributed by atoms with Crippen LogP contribution in [0.4, 0.5) is 39.5 Å². The van der Waals surface area contributed by atoms with E-state index in [1.165, 1.54) is 30.3 Å². The number of halogens is 9. The van der Waals surface area contributed by atoms with Crippen molar-refractivity contribution in [3.8, 4) is 11.5 Å². The molecule has 1 aliphatic heterocycles. The van der Waals surface area contributed by atoms with Gasteiger partial charge in [0.2, 0.25) is 6.79 Å². The van der Waals surface area contributed by atoms with Crippen molar-refractivity contribution in [3.63, 3.8) is 0 Å². The molecule has 3 rings (SSSR count). The second-order valence-corrected chi connectivity index (χ2v) is 7.16. The SMILES string of the molecule is CC(CC(F)(F)C(F)(F)C(F)(F)C(F)(F)F)(c1ccncc1)c1ccc2c(c1)OCO2. The molecule has 0 spiro atoms. The second kappa shape index (κ2) is 7.20. The van der Waals surface area contributed by atoms with Gasteiger partial charge in [0.25, 0.3) is 0 Å². The maximum atomic E-state index is 14.6. The van der Waals surface area contributed by atoms with Crippen LogP contribution in [-0.2, 0) is 5.41 Å². The number of aromatic nitrogens is 1. The van der Waals surface area contributed by atoms with E-state index in [4.69, 9.17) is 9.47 Å². The van der Waals surface area contributed by atoms with E-state index < -0.39 is 35.8 Å². The Balaban J connectivity index is 2.11.